The average Bonchev–Trinajstić information content (AvgIpc) is 2.42. The molecule has 0 aliphatic carbocycles. The molecular weight excluding hydrogens is 284 g/mol. The molecule has 0 bridgehead atoms. The Morgan fingerprint density at radius 3 is 2.81 bits per heavy atom. The zero-order valence-corrected chi connectivity index (χ0v) is 11.2. The fourth-order valence-electron chi connectivity index (χ4n) is 2.52. The van der Waals surface area contributed by atoms with E-state index in [9.17, 15) is 20.1 Å². The molecule has 8 nitrogen and oxygen atoms in total. The molecule has 2 fully saturated rings. The van der Waals surface area contributed by atoms with Crippen LogP contribution in [-0.2, 0) is 19.0 Å². The first kappa shape index (κ1) is 16.2. The van der Waals surface area contributed by atoms with E-state index in [-0.39, 0.29) is 19.4 Å². The number of aliphatic hydroxyl groups is 3. The van der Waals surface area contributed by atoms with Crippen LogP contribution < -0.4 is 0 Å². The Kier molecular flexibility index (Phi) is 4.83. The van der Waals surface area contributed by atoms with Crippen molar-refractivity contribution in [2.45, 2.75) is 49.1 Å². The SMILES string of the molecule is C#CCCOC1(C(=O)O)CC(O)C2O[C@H]([C@H](O)CO)C2O1. The number of carboxylic acid groups (broad SMARTS) is 1. The predicted octanol–water partition coefficient (Wildman–Crippen LogP) is -1.92. The maximum Gasteiger partial charge on any atom is 0.364 e. The van der Waals surface area contributed by atoms with Gasteiger partial charge in [0.15, 0.2) is 0 Å². The first-order chi connectivity index (χ1) is 9.95. The highest BCUT2D eigenvalue weighted by Crippen LogP contribution is 2.41. The van der Waals surface area contributed by atoms with Gasteiger partial charge in [0, 0.05) is 12.8 Å². The molecule has 0 aromatic carbocycles. The molecule has 2 saturated heterocycles. The minimum absolute atomic E-state index is 0.0407. The molecule has 0 radical (unpaired) electrons. The quantitative estimate of drug-likeness (QED) is 0.330. The summed E-state index contributed by atoms with van der Waals surface area (Å²) in [6.07, 6.45) is 0.0843. The van der Waals surface area contributed by atoms with Crippen LogP contribution in [0.5, 0.6) is 0 Å². The van der Waals surface area contributed by atoms with Gasteiger partial charge in [0.25, 0.3) is 5.79 Å². The average molecular weight is 302 g/mol. The molecule has 2 aliphatic heterocycles. The van der Waals surface area contributed by atoms with Crippen LogP contribution in [-0.4, -0.2) is 75.9 Å². The van der Waals surface area contributed by atoms with Gasteiger partial charge >= 0.3 is 5.97 Å². The van der Waals surface area contributed by atoms with Crippen LogP contribution in [0.25, 0.3) is 0 Å². The lowest BCUT2D eigenvalue weighted by Gasteiger charge is -2.54. The Balaban J connectivity index is 2.12. The van der Waals surface area contributed by atoms with E-state index in [1.165, 1.54) is 0 Å². The van der Waals surface area contributed by atoms with Gasteiger partial charge < -0.3 is 34.6 Å². The van der Waals surface area contributed by atoms with Crippen molar-refractivity contribution in [2.75, 3.05) is 13.2 Å². The Bertz CT molecular complexity index is 432. The van der Waals surface area contributed by atoms with Crippen LogP contribution in [0.2, 0.25) is 0 Å². The molecule has 0 amide bonds. The predicted molar refractivity (Wildman–Crippen MR) is 67.0 cm³/mol. The molecule has 8 heteroatoms. The van der Waals surface area contributed by atoms with Crippen LogP contribution in [0.1, 0.15) is 12.8 Å². The number of aliphatic carboxylic acids is 1. The molecule has 2 heterocycles. The molecule has 2 aliphatic rings. The molecule has 6 atom stereocenters. The van der Waals surface area contributed by atoms with Gasteiger partial charge in [0.1, 0.15) is 24.4 Å². The summed E-state index contributed by atoms with van der Waals surface area (Å²) in [5, 5.41) is 37.8. The molecule has 4 unspecified atom stereocenters. The third-order valence-electron chi connectivity index (χ3n) is 3.62. The zero-order chi connectivity index (χ0) is 15.6. The Morgan fingerprint density at radius 2 is 2.24 bits per heavy atom. The lowest BCUT2D eigenvalue weighted by Crippen LogP contribution is -2.72. The second kappa shape index (κ2) is 6.27. The van der Waals surface area contributed by atoms with Crippen molar-refractivity contribution in [3.8, 4) is 12.3 Å². The van der Waals surface area contributed by atoms with Gasteiger partial charge in [-0.25, -0.2) is 4.79 Å². The van der Waals surface area contributed by atoms with Gasteiger partial charge in [-0.15, -0.1) is 12.3 Å². The molecule has 2 rings (SSSR count). The van der Waals surface area contributed by atoms with Gasteiger partial charge in [-0.1, -0.05) is 0 Å². The summed E-state index contributed by atoms with van der Waals surface area (Å²) < 4.78 is 15.9. The minimum Gasteiger partial charge on any atom is -0.477 e. The van der Waals surface area contributed by atoms with E-state index in [0.29, 0.717) is 0 Å². The van der Waals surface area contributed by atoms with E-state index in [0.717, 1.165) is 0 Å². The molecule has 21 heavy (non-hydrogen) atoms. The van der Waals surface area contributed by atoms with Crippen LogP contribution in [0.4, 0.5) is 0 Å². The van der Waals surface area contributed by atoms with E-state index in [1.54, 1.807) is 0 Å². The molecule has 118 valence electrons. The summed E-state index contributed by atoms with van der Waals surface area (Å²) in [5.41, 5.74) is 0. The number of fused-ring (bicyclic) bond motifs is 1. The van der Waals surface area contributed by atoms with E-state index in [2.05, 4.69) is 5.92 Å². The minimum atomic E-state index is -2.03. The molecule has 4 N–H and O–H groups in total. The maximum atomic E-state index is 11.5. The van der Waals surface area contributed by atoms with Gasteiger partial charge in [0.2, 0.25) is 0 Å². The topological polar surface area (TPSA) is 126 Å². The van der Waals surface area contributed by atoms with Crippen LogP contribution in [0.3, 0.4) is 0 Å². The summed E-state index contributed by atoms with van der Waals surface area (Å²) in [5.74, 6) is -1.11. The highest BCUT2D eigenvalue weighted by Gasteiger charge is 2.61. The number of terminal acetylenes is 1. The molecule has 0 spiro atoms. The summed E-state index contributed by atoms with van der Waals surface area (Å²) in [7, 11) is 0. The largest absolute Gasteiger partial charge is 0.477 e. The standard InChI is InChI=1S/C13H18O8/c1-2-3-4-19-13(12(17)18)5-7(15)9-11(21-13)10(20-9)8(16)6-14/h1,7-11,14-16H,3-6H2,(H,17,18)/t7?,8-,9?,10-,11?,13?/m1/s1. The highest BCUT2D eigenvalue weighted by molar-refractivity contribution is 5.76. The monoisotopic (exact) mass is 302 g/mol. The summed E-state index contributed by atoms with van der Waals surface area (Å²) >= 11 is 0. The number of carboxylic acids is 1. The smallest absolute Gasteiger partial charge is 0.364 e. The fraction of sp³-hybridized carbons (Fsp3) is 0.769. The zero-order valence-electron chi connectivity index (χ0n) is 11.2. The molecule has 0 saturated carbocycles. The second-order valence-corrected chi connectivity index (χ2v) is 5.03. The summed E-state index contributed by atoms with van der Waals surface area (Å²) in [6.45, 7) is -0.605. The summed E-state index contributed by atoms with van der Waals surface area (Å²) in [4.78, 5) is 11.5. The van der Waals surface area contributed by atoms with Crippen molar-refractivity contribution in [2.24, 2.45) is 0 Å². The highest BCUT2D eigenvalue weighted by atomic mass is 16.7. The fourth-order valence-corrected chi connectivity index (χ4v) is 2.52. The lowest BCUT2D eigenvalue weighted by atomic mass is 9.85. The molecule has 0 aromatic rings. The van der Waals surface area contributed by atoms with E-state index in [4.69, 9.17) is 25.7 Å². The Hall–Kier alpha value is -1.21. The van der Waals surface area contributed by atoms with E-state index in [1.807, 2.05) is 0 Å². The maximum absolute atomic E-state index is 11.5. The second-order valence-electron chi connectivity index (χ2n) is 5.03. The van der Waals surface area contributed by atoms with Gasteiger partial charge in [-0.05, 0) is 0 Å². The molecule has 0 aromatic heterocycles. The number of ether oxygens (including phenoxy) is 3. The van der Waals surface area contributed by atoms with Crippen molar-refractivity contribution >= 4 is 5.97 Å². The van der Waals surface area contributed by atoms with Crippen LogP contribution in [0, 0.1) is 12.3 Å². The number of carbonyl (C=O) groups is 1. The van der Waals surface area contributed by atoms with Gasteiger partial charge in [0.05, 0.1) is 19.3 Å². The van der Waals surface area contributed by atoms with E-state index >= 15 is 0 Å². The van der Waals surface area contributed by atoms with Crippen molar-refractivity contribution in [1.29, 1.82) is 0 Å². The third kappa shape index (κ3) is 2.89. The number of rotatable bonds is 6. The Labute approximate surface area is 121 Å². The van der Waals surface area contributed by atoms with Crippen molar-refractivity contribution in [3.05, 3.63) is 0 Å². The third-order valence-corrected chi connectivity index (χ3v) is 3.62. The first-order valence-electron chi connectivity index (χ1n) is 6.56. The number of hydrogen-bond donors (Lipinski definition) is 4. The van der Waals surface area contributed by atoms with Crippen molar-refractivity contribution in [1.82, 2.24) is 0 Å². The van der Waals surface area contributed by atoms with Gasteiger partial charge in [-0.3, -0.25) is 0 Å². The van der Waals surface area contributed by atoms with Crippen molar-refractivity contribution < 1.29 is 39.4 Å². The lowest BCUT2D eigenvalue weighted by molar-refractivity contribution is -0.388. The summed E-state index contributed by atoms with van der Waals surface area (Å²) in [6, 6.07) is 0. The van der Waals surface area contributed by atoms with E-state index < -0.39 is 48.9 Å². The Morgan fingerprint density at radius 1 is 1.52 bits per heavy atom. The van der Waals surface area contributed by atoms with Gasteiger partial charge in [-0.2, -0.15) is 0 Å². The van der Waals surface area contributed by atoms with Crippen LogP contribution >= 0.6 is 0 Å². The van der Waals surface area contributed by atoms with Crippen molar-refractivity contribution in [3.63, 3.8) is 0 Å². The number of hydrogen-bond acceptors (Lipinski definition) is 7. The van der Waals surface area contributed by atoms with Crippen LogP contribution in [0.15, 0.2) is 0 Å². The number of aliphatic hydroxyl groups excluding tert-OH is 3. The normalized spacial score (nSPS) is 39.7. The first-order valence-corrected chi connectivity index (χ1v) is 6.56. The molecular formula is C13H18O8.